The number of carbonyl (C=O) groups excluding carboxylic acids is 1. The lowest BCUT2D eigenvalue weighted by molar-refractivity contribution is -0.157. The van der Waals surface area contributed by atoms with E-state index in [1.165, 1.54) is 12.1 Å². The molecular weight excluding hydrogens is 305 g/mol. The molecule has 0 aliphatic rings. The van der Waals surface area contributed by atoms with Gasteiger partial charge in [0.25, 0.3) is 0 Å². The standard InChI is InChI=1S/C18H25F3O2/c1-16(2,3)11-14(15(22)23-17(4,5)6)12-7-9-13(10-8-12)18(19,20)21/h7-10,14H,11H2,1-6H3. The molecule has 0 aliphatic carbocycles. The highest BCUT2D eigenvalue weighted by Crippen LogP contribution is 2.35. The van der Waals surface area contributed by atoms with Crippen molar-refractivity contribution in [2.24, 2.45) is 5.41 Å². The first-order chi connectivity index (χ1) is 10.2. The molecule has 1 aromatic rings. The van der Waals surface area contributed by atoms with E-state index in [-0.39, 0.29) is 5.41 Å². The molecule has 1 rings (SSSR count). The van der Waals surface area contributed by atoms with Crippen molar-refractivity contribution in [3.05, 3.63) is 35.4 Å². The molecule has 1 unspecified atom stereocenters. The molecular formula is C18H25F3O2. The average Bonchev–Trinajstić information content (AvgIpc) is 2.32. The van der Waals surface area contributed by atoms with Crippen LogP contribution >= 0.6 is 0 Å². The normalized spacial score (nSPS) is 14.5. The molecule has 0 N–H and O–H groups in total. The summed E-state index contributed by atoms with van der Waals surface area (Å²) in [6.45, 7) is 11.3. The molecule has 0 radical (unpaired) electrons. The summed E-state index contributed by atoms with van der Waals surface area (Å²) >= 11 is 0. The van der Waals surface area contributed by atoms with E-state index in [4.69, 9.17) is 4.74 Å². The fourth-order valence-corrected chi connectivity index (χ4v) is 2.23. The van der Waals surface area contributed by atoms with E-state index in [9.17, 15) is 18.0 Å². The van der Waals surface area contributed by atoms with Crippen LogP contribution in [0.5, 0.6) is 0 Å². The maximum absolute atomic E-state index is 12.7. The summed E-state index contributed by atoms with van der Waals surface area (Å²) in [7, 11) is 0. The highest BCUT2D eigenvalue weighted by atomic mass is 19.4. The van der Waals surface area contributed by atoms with Crippen LogP contribution in [0.2, 0.25) is 0 Å². The van der Waals surface area contributed by atoms with Gasteiger partial charge in [0, 0.05) is 0 Å². The largest absolute Gasteiger partial charge is 0.459 e. The van der Waals surface area contributed by atoms with Crippen molar-refractivity contribution in [3.63, 3.8) is 0 Å². The van der Waals surface area contributed by atoms with Crippen LogP contribution in [-0.2, 0) is 15.7 Å². The van der Waals surface area contributed by atoms with Crippen LogP contribution < -0.4 is 0 Å². The van der Waals surface area contributed by atoms with E-state index in [1.807, 2.05) is 20.8 Å². The second kappa shape index (κ2) is 6.54. The van der Waals surface area contributed by atoms with Gasteiger partial charge in [0.15, 0.2) is 0 Å². The number of benzene rings is 1. The first-order valence-corrected chi connectivity index (χ1v) is 7.59. The molecule has 23 heavy (non-hydrogen) atoms. The number of hydrogen-bond acceptors (Lipinski definition) is 2. The van der Waals surface area contributed by atoms with E-state index in [2.05, 4.69) is 0 Å². The van der Waals surface area contributed by atoms with Crippen molar-refractivity contribution >= 4 is 5.97 Å². The van der Waals surface area contributed by atoms with Crippen LogP contribution in [0.3, 0.4) is 0 Å². The Bertz CT molecular complexity index is 531. The van der Waals surface area contributed by atoms with Gasteiger partial charge in [0.2, 0.25) is 0 Å². The summed E-state index contributed by atoms with van der Waals surface area (Å²) in [5, 5.41) is 0. The molecule has 5 heteroatoms. The molecule has 1 aromatic carbocycles. The quantitative estimate of drug-likeness (QED) is 0.678. The zero-order chi connectivity index (χ0) is 18.1. The molecule has 0 aromatic heterocycles. The van der Waals surface area contributed by atoms with E-state index in [1.54, 1.807) is 20.8 Å². The third-order valence-corrected chi connectivity index (χ3v) is 3.15. The predicted octanol–water partition coefficient (Wildman–Crippen LogP) is 5.57. The van der Waals surface area contributed by atoms with Crippen LogP contribution in [0.15, 0.2) is 24.3 Å². The number of rotatable bonds is 3. The second-order valence-electron chi connectivity index (χ2n) is 7.97. The summed E-state index contributed by atoms with van der Waals surface area (Å²) in [5.41, 5.74) is -0.981. The molecule has 1 atom stereocenters. The number of esters is 1. The van der Waals surface area contributed by atoms with Crippen LogP contribution in [0.25, 0.3) is 0 Å². The SMILES string of the molecule is CC(C)(C)CC(C(=O)OC(C)(C)C)c1ccc(C(F)(F)F)cc1. The minimum atomic E-state index is -4.38. The lowest BCUT2D eigenvalue weighted by atomic mass is 9.81. The van der Waals surface area contributed by atoms with Crippen molar-refractivity contribution in [2.45, 2.75) is 65.7 Å². The first kappa shape index (κ1) is 19.5. The van der Waals surface area contributed by atoms with Gasteiger partial charge in [0.1, 0.15) is 5.60 Å². The van der Waals surface area contributed by atoms with Gasteiger partial charge < -0.3 is 4.74 Å². The zero-order valence-corrected chi connectivity index (χ0v) is 14.5. The van der Waals surface area contributed by atoms with E-state index in [0.717, 1.165) is 12.1 Å². The number of alkyl halides is 3. The van der Waals surface area contributed by atoms with Crippen molar-refractivity contribution in [2.75, 3.05) is 0 Å². The van der Waals surface area contributed by atoms with Crippen LogP contribution in [0.1, 0.15) is 65.0 Å². The Kier molecular flexibility index (Phi) is 5.55. The molecule has 130 valence electrons. The number of hydrogen-bond donors (Lipinski definition) is 0. The maximum atomic E-state index is 12.7. The Labute approximate surface area is 136 Å². The zero-order valence-electron chi connectivity index (χ0n) is 14.5. The molecule has 0 saturated carbocycles. The van der Waals surface area contributed by atoms with Crippen LogP contribution in [0, 0.1) is 5.41 Å². The van der Waals surface area contributed by atoms with Crippen molar-refractivity contribution in [1.82, 2.24) is 0 Å². The molecule has 0 spiro atoms. The average molecular weight is 330 g/mol. The Morgan fingerprint density at radius 1 is 1.00 bits per heavy atom. The summed E-state index contributed by atoms with van der Waals surface area (Å²) < 4.78 is 43.5. The lowest BCUT2D eigenvalue weighted by Gasteiger charge is -2.28. The maximum Gasteiger partial charge on any atom is 0.416 e. The minimum absolute atomic E-state index is 0.162. The summed E-state index contributed by atoms with van der Waals surface area (Å²) in [6, 6.07) is 4.75. The van der Waals surface area contributed by atoms with Crippen molar-refractivity contribution in [3.8, 4) is 0 Å². The fourth-order valence-electron chi connectivity index (χ4n) is 2.23. The molecule has 0 amide bonds. The van der Waals surface area contributed by atoms with Crippen molar-refractivity contribution in [1.29, 1.82) is 0 Å². The third kappa shape index (κ3) is 6.63. The van der Waals surface area contributed by atoms with Gasteiger partial charge >= 0.3 is 12.1 Å². The first-order valence-electron chi connectivity index (χ1n) is 7.59. The minimum Gasteiger partial charge on any atom is -0.459 e. The molecule has 0 fully saturated rings. The number of carbonyl (C=O) groups is 1. The molecule has 0 bridgehead atoms. The summed E-state index contributed by atoms with van der Waals surface area (Å²) in [5.74, 6) is -0.997. The molecule has 0 aliphatic heterocycles. The van der Waals surface area contributed by atoms with Crippen LogP contribution in [0.4, 0.5) is 13.2 Å². The molecule has 0 heterocycles. The summed E-state index contributed by atoms with van der Waals surface area (Å²) in [4.78, 5) is 12.5. The topological polar surface area (TPSA) is 26.3 Å². The number of halogens is 3. The second-order valence-corrected chi connectivity index (χ2v) is 7.97. The Morgan fingerprint density at radius 2 is 1.48 bits per heavy atom. The van der Waals surface area contributed by atoms with E-state index >= 15 is 0 Å². The fraction of sp³-hybridized carbons (Fsp3) is 0.611. The van der Waals surface area contributed by atoms with Gasteiger partial charge in [-0.1, -0.05) is 32.9 Å². The van der Waals surface area contributed by atoms with Crippen LogP contribution in [-0.4, -0.2) is 11.6 Å². The lowest BCUT2D eigenvalue weighted by Crippen LogP contribution is -2.29. The Balaban J connectivity index is 3.12. The summed E-state index contributed by atoms with van der Waals surface area (Å²) in [6.07, 6.45) is -3.89. The third-order valence-electron chi connectivity index (χ3n) is 3.15. The molecule has 2 nitrogen and oxygen atoms in total. The van der Waals surface area contributed by atoms with Gasteiger partial charge in [-0.2, -0.15) is 13.2 Å². The Hall–Kier alpha value is -1.52. The number of ether oxygens (including phenoxy) is 1. The monoisotopic (exact) mass is 330 g/mol. The van der Waals surface area contributed by atoms with Gasteiger partial charge in [0.05, 0.1) is 11.5 Å². The van der Waals surface area contributed by atoms with E-state index in [0.29, 0.717) is 12.0 Å². The van der Waals surface area contributed by atoms with Gasteiger partial charge in [-0.05, 0) is 50.3 Å². The molecule has 0 saturated heterocycles. The highest BCUT2D eigenvalue weighted by molar-refractivity contribution is 5.78. The smallest absolute Gasteiger partial charge is 0.416 e. The van der Waals surface area contributed by atoms with Gasteiger partial charge in [-0.3, -0.25) is 4.79 Å². The van der Waals surface area contributed by atoms with E-state index < -0.39 is 29.2 Å². The van der Waals surface area contributed by atoms with Crippen molar-refractivity contribution < 1.29 is 22.7 Å². The van der Waals surface area contributed by atoms with Gasteiger partial charge in [-0.25, -0.2) is 0 Å². The highest BCUT2D eigenvalue weighted by Gasteiger charge is 2.33. The Morgan fingerprint density at radius 3 is 1.83 bits per heavy atom. The van der Waals surface area contributed by atoms with Gasteiger partial charge in [-0.15, -0.1) is 0 Å². The predicted molar refractivity (Wildman–Crippen MR) is 84.1 cm³/mol.